The van der Waals surface area contributed by atoms with Gasteiger partial charge in [-0.15, -0.1) is 0 Å². The van der Waals surface area contributed by atoms with Crippen LogP contribution in [0.1, 0.15) is 54.1 Å². The van der Waals surface area contributed by atoms with E-state index in [2.05, 4.69) is 19.1 Å². The van der Waals surface area contributed by atoms with E-state index in [1.165, 1.54) is 37.0 Å². The number of aryl methyl sites for hydroxylation is 1. The topological polar surface area (TPSA) is 26.3 Å². The first-order valence-corrected chi connectivity index (χ1v) is 13.6. The summed E-state index contributed by atoms with van der Waals surface area (Å²) in [7, 11) is 0. The molecular formula is C34H27F7O2. The minimum atomic E-state index is -4.81. The van der Waals surface area contributed by atoms with Gasteiger partial charge in [0, 0.05) is 23.8 Å². The Morgan fingerprint density at radius 3 is 1.81 bits per heavy atom. The molecule has 0 aromatic heterocycles. The van der Waals surface area contributed by atoms with Crippen LogP contribution < -0.4 is 4.74 Å². The minimum absolute atomic E-state index is 0.118. The van der Waals surface area contributed by atoms with Crippen molar-refractivity contribution in [3.63, 3.8) is 0 Å². The zero-order valence-electron chi connectivity index (χ0n) is 23.1. The summed E-state index contributed by atoms with van der Waals surface area (Å²) in [6.07, 6.45) is 0.749. The second-order valence-corrected chi connectivity index (χ2v) is 9.96. The Morgan fingerprint density at radius 1 is 0.721 bits per heavy atom. The summed E-state index contributed by atoms with van der Waals surface area (Å²) in [5.41, 5.74) is 0.716. The van der Waals surface area contributed by atoms with Crippen LogP contribution in [0.2, 0.25) is 0 Å². The van der Waals surface area contributed by atoms with Crippen LogP contribution in [0.3, 0.4) is 0 Å². The Bertz CT molecular complexity index is 1560. The third-order valence-corrected chi connectivity index (χ3v) is 6.76. The molecule has 4 aromatic rings. The zero-order chi connectivity index (χ0) is 31.1. The smallest absolute Gasteiger partial charge is 0.409 e. The van der Waals surface area contributed by atoms with E-state index in [-0.39, 0.29) is 17.7 Å². The first-order valence-electron chi connectivity index (χ1n) is 13.6. The molecule has 0 aliphatic rings. The first kappa shape index (κ1) is 31.5. The highest BCUT2D eigenvalue weighted by Crippen LogP contribution is 2.33. The van der Waals surface area contributed by atoms with E-state index in [4.69, 9.17) is 4.74 Å². The molecular weight excluding hydrogens is 573 g/mol. The van der Waals surface area contributed by atoms with Crippen molar-refractivity contribution in [2.24, 2.45) is 0 Å². The zero-order valence-corrected chi connectivity index (χ0v) is 23.1. The SMILES string of the molecule is CCCCCCc1ccc(-c2ccc(C(=O)Oc3cc(F)c(-c4cc(F)c(C=CC(F)(F)F)c(F)c4)c(F)c3)cc2)cc1. The monoisotopic (exact) mass is 600 g/mol. The number of carbonyl (C=O) groups is 1. The fourth-order valence-electron chi connectivity index (χ4n) is 4.53. The van der Waals surface area contributed by atoms with E-state index in [0.29, 0.717) is 24.3 Å². The van der Waals surface area contributed by atoms with Gasteiger partial charge in [-0.1, -0.05) is 62.6 Å². The Morgan fingerprint density at radius 2 is 1.28 bits per heavy atom. The van der Waals surface area contributed by atoms with Crippen LogP contribution >= 0.6 is 0 Å². The molecule has 0 spiro atoms. The van der Waals surface area contributed by atoms with E-state index in [9.17, 15) is 35.5 Å². The molecule has 0 amide bonds. The number of allylic oxidation sites excluding steroid dienone is 1. The van der Waals surface area contributed by atoms with Crippen LogP contribution in [-0.2, 0) is 6.42 Å². The lowest BCUT2D eigenvalue weighted by atomic mass is 10.00. The van der Waals surface area contributed by atoms with Gasteiger partial charge in [0.1, 0.15) is 29.0 Å². The van der Waals surface area contributed by atoms with Crippen molar-refractivity contribution in [2.45, 2.75) is 45.2 Å². The van der Waals surface area contributed by atoms with Crippen LogP contribution in [-0.4, -0.2) is 12.1 Å². The van der Waals surface area contributed by atoms with Crippen molar-refractivity contribution in [2.75, 3.05) is 0 Å². The van der Waals surface area contributed by atoms with Gasteiger partial charge in [0.2, 0.25) is 0 Å². The fourth-order valence-corrected chi connectivity index (χ4v) is 4.53. The first-order chi connectivity index (χ1) is 20.4. The molecule has 0 unspecified atom stereocenters. The molecule has 0 saturated heterocycles. The van der Waals surface area contributed by atoms with Crippen LogP contribution in [0.25, 0.3) is 28.3 Å². The number of hydrogen-bond acceptors (Lipinski definition) is 2. The molecule has 0 aliphatic heterocycles. The number of esters is 1. The molecule has 9 heteroatoms. The van der Waals surface area contributed by atoms with Gasteiger partial charge in [-0.25, -0.2) is 22.4 Å². The summed E-state index contributed by atoms with van der Waals surface area (Å²) in [5.74, 6) is -6.89. The lowest BCUT2D eigenvalue weighted by Crippen LogP contribution is -2.09. The highest BCUT2D eigenvalue weighted by Gasteiger charge is 2.24. The molecule has 4 aromatic carbocycles. The molecule has 4 rings (SSSR count). The molecule has 0 aliphatic carbocycles. The normalized spacial score (nSPS) is 11.7. The average molecular weight is 601 g/mol. The molecule has 0 atom stereocenters. The van der Waals surface area contributed by atoms with Crippen molar-refractivity contribution in [1.82, 2.24) is 0 Å². The Hall–Kier alpha value is -4.40. The predicted octanol–water partition coefficient (Wildman–Crippen LogP) is 10.5. The van der Waals surface area contributed by atoms with Gasteiger partial charge < -0.3 is 4.74 Å². The summed E-state index contributed by atoms with van der Waals surface area (Å²) in [6, 6.07) is 16.9. The van der Waals surface area contributed by atoms with Crippen LogP contribution in [0.4, 0.5) is 30.7 Å². The van der Waals surface area contributed by atoms with Crippen LogP contribution in [0.15, 0.2) is 78.9 Å². The lowest BCUT2D eigenvalue weighted by Gasteiger charge is -2.11. The largest absolute Gasteiger partial charge is 0.423 e. The number of unbranched alkanes of at least 4 members (excludes halogenated alkanes) is 3. The van der Waals surface area contributed by atoms with Gasteiger partial charge in [0.15, 0.2) is 0 Å². The van der Waals surface area contributed by atoms with E-state index in [1.54, 1.807) is 12.1 Å². The third kappa shape index (κ3) is 8.34. The van der Waals surface area contributed by atoms with E-state index < -0.39 is 57.9 Å². The molecule has 43 heavy (non-hydrogen) atoms. The van der Waals surface area contributed by atoms with Crippen LogP contribution in [0.5, 0.6) is 5.75 Å². The lowest BCUT2D eigenvalue weighted by molar-refractivity contribution is -0.0790. The second kappa shape index (κ2) is 13.7. The van der Waals surface area contributed by atoms with E-state index >= 15 is 0 Å². The van der Waals surface area contributed by atoms with Gasteiger partial charge in [0.25, 0.3) is 0 Å². The summed E-state index contributed by atoms with van der Waals surface area (Å²) in [6.45, 7) is 2.17. The molecule has 0 fully saturated rings. The maximum atomic E-state index is 14.9. The van der Waals surface area contributed by atoms with Gasteiger partial charge in [0.05, 0.1) is 11.1 Å². The number of halogens is 7. The Balaban J connectivity index is 1.45. The van der Waals surface area contributed by atoms with Crippen LogP contribution in [0, 0.1) is 23.3 Å². The van der Waals surface area contributed by atoms with Crippen molar-refractivity contribution in [3.05, 3.63) is 119 Å². The predicted molar refractivity (Wildman–Crippen MR) is 151 cm³/mol. The summed E-state index contributed by atoms with van der Waals surface area (Å²) < 4.78 is 101. The number of hydrogen-bond donors (Lipinski definition) is 0. The Labute approximate surface area is 244 Å². The third-order valence-electron chi connectivity index (χ3n) is 6.76. The quantitative estimate of drug-likeness (QED) is 0.0784. The summed E-state index contributed by atoms with van der Waals surface area (Å²) >= 11 is 0. The van der Waals surface area contributed by atoms with E-state index in [1.807, 2.05) is 12.1 Å². The molecule has 0 heterocycles. The van der Waals surface area contributed by atoms with Crippen molar-refractivity contribution in [1.29, 1.82) is 0 Å². The highest BCUT2D eigenvalue weighted by atomic mass is 19.4. The molecule has 0 radical (unpaired) electrons. The molecule has 0 bridgehead atoms. The minimum Gasteiger partial charge on any atom is -0.423 e. The molecule has 2 nitrogen and oxygen atoms in total. The number of carbonyl (C=O) groups excluding carboxylic acids is 1. The van der Waals surface area contributed by atoms with Gasteiger partial charge in [-0.05, 0) is 65.4 Å². The van der Waals surface area contributed by atoms with E-state index in [0.717, 1.165) is 24.0 Å². The maximum absolute atomic E-state index is 14.9. The standard InChI is InChI=1S/C34H27F7O2/c1-2-3-4-5-6-21-7-9-22(10-8-21)23-11-13-24(14-12-23)33(42)43-26-19-30(37)32(31(38)20-26)25-17-28(35)27(29(36)18-25)15-16-34(39,40)41/h7-20H,2-6H2,1H3. The summed E-state index contributed by atoms with van der Waals surface area (Å²) in [4.78, 5) is 12.6. The highest BCUT2D eigenvalue weighted by molar-refractivity contribution is 5.91. The maximum Gasteiger partial charge on any atom is 0.409 e. The van der Waals surface area contributed by atoms with Crippen molar-refractivity contribution >= 4 is 12.0 Å². The van der Waals surface area contributed by atoms with Crippen molar-refractivity contribution < 1.29 is 40.3 Å². The number of benzene rings is 4. The van der Waals surface area contributed by atoms with Crippen molar-refractivity contribution in [3.8, 4) is 28.0 Å². The summed E-state index contributed by atoms with van der Waals surface area (Å²) in [5, 5.41) is 0. The number of ether oxygens (including phenoxy) is 1. The number of alkyl halides is 3. The van der Waals surface area contributed by atoms with Gasteiger partial charge >= 0.3 is 12.1 Å². The molecule has 224 valence electrons. The molecule has 0 N–H and O–H groups in total. The average Bonchev–Trinajstić information content (AvgIpc) is 2.94. The Kier molecular flexibility index (Phi) is 10.1. The fraction of sp³-hybridized carbons (Fsp3) is 0.206. The second-order valence-electron chi connectivity index (χ2n) is 9.96. The van der Waals surface area contributed by atoms with Gasteiger partial charge in [-0.2, -0.15) is 13.2 Å². The van der Waals surface area contributed by atoms with Gasteiger partial charge in [-0.3, -0.25) is 0 Å². The number of rotatable bonds is 10. The molecule has 0 saturated carbocycles.